The molecular weight excluding hydrogens is 269 g/mol. The lowest BCUT2D eigenvalue weighted by Crippen LogP contribution is -2.35. The highest BCUT2D eigenvalue weighted by Gasteiger charge is 2.32. The Balaban J connectivity index is 2.64. The highest BCUT2D eigenvalue weighted by molar-refractivity contribution is 5.78. The zero-order valence-electron chi connectivity index (χ0n) is 11.6. The average Bonchev–Trinajstić information content (AvgIpc) is 2.41. The van der Waals surface area contributed by atoms with E-state index in [4.69, 9.17) is 0 Å². The van der Waals surface area contributed by atoms with Crippen LogP contribution in [-0.2, 0) is 17.5 Å². The summed E-state index contributed by atoms with van der Waals surface area (Å²) in [4.78, 5) is 11.8. The van der Waals surface area contributed by atoms with Crippen molar-refractivity contribution in [3.8, 4) is 0 Å². The maximum Gasteiger partial charge on any atom is 0.416 e. The number of alkyl halides is 3. The van der Waals surface area contributed by atoms with Crippen molar-refractivity contribution in [3.63, 3.8) is 0 Å². The predicted molar refractivity (Wildman–Crippen MR) is 71.0 cm³/mol. The Labute approximate surface area is 116 Å². The molecule has 0 aromatic heterocycles. The Morgan fingerprint density at radius 1 is 1.30 bits per heavy atom. The number of nitrogens with one attached hydrogen (secondary N) is 2. The molecule has 6 heteroatoms. The number of hydrogen-bond donors (Lipinski definition) is 2. The van der Waals surface area contributed by atoms with Gasteiger partial charge in [-0.05, 0) is 18.2 Å². The van der Waals surface area contributed by atoms with Crippen molar-refractivity contribution in [1.82, 2.24) is 10.6 Å². The quantitative estimate of drug-likeness (QED) is 0.844. The van der Waals surface area contributed by atoms with Gasteiger partial charge in [-0.25, -0.2) is 0 Å². The minimum absolute atomic E-state index is 0.0731. The van der Waals surface area contributed by atoms with Gasteiger partial charge in [0.2, 0.25) is 5.91 Å². The summed E-state index contributed by atoms with van der Waals surface area (Å²) in [5.74, 6) is -0.545. The lowest BCUT2D eigenvalue weighted by atomic mass is 10.1. The molecule has 1 rings (SSSR count). The standard InChI is InChI=1S/C14H19F3N2O/c1-3-18-8-10(2)13(20)19-9-11-6-4-5-7-12(11)14(15,16)17/h4-7,10,18H,3,8-9H2,1-2H3,(H,19,20). The van der Waals surface area contributed by atoms with E-state index in [-0.39, 0.29) is 23.9 Å². The second kappa shape index (κ2) is 7.28. The van der Waals surface area contributed by atoms with Gasteiger partial charge in [0, 0.05) is 19.0 Å². The van der Waals surface area contributed by atoms with Crippen LogP contribution in [0.25, 0.3) is 0 Å². The van der Waals surface area contributed by atoms with Gasteiger partial charge in [0.25, 0.3) is 0 Å². The fourth-order valence-electron chi connectivity index (χ4n) is 1.76. The number of carbonyl (C=O) groups is 1. The number of halogens is 3. The molecule has 0 radical (unpaired) electrons. The largest absolute Gasteiger partial charge is 0.416 e. The van der Waals surface area contributed by atoms with Crippen LogP contribution in [0.5, 0.6) is 0 Å². The summed E-state index contributed by atoms with van der Waals surface area (Å²) < 4.78 is 38.3. The van der Waals surface area contributed by atoms with E-state index in [2.05, 4.69) is 10.6 Å². The van der Waals surface area contributed by atoms with Gasteiger partial charge in [0.05, 0.1) is 5.56 Å². The van der Waals surface area contributed by atoms with Gasteiger partial charge in [-0.15, -0.1) is 0 Å². The fourth-order valence-corrected chi connectivity index (χ4v) is 1.76. The Hall–Kier alpha value is -1.56. The van der Waals surface area contributed by atoms with Gasteiger partial charge in [-0.3, -0.25) is 4.79 Å². The number of amides is 1. The molecule has 3 nitrogen and oxygen atoms in total. The number of carbonyl (C=O) groups excluding carboxylic acids is 1. The molecule has 1 amide bonds. The third kappa shape index (κ3) is 4.85. The molecule has 0 saturated carbocycles. The van der Waals surface area contributed by atoms with E-state index in [0.29, 0.717) is 6.54 Å². The van der Waals surface area contributed by atoms with E-state index in [1.807, 2.05) is 6.92 Å². The predicted octanol–water partition coefficient (Wildman–Crippen LogP) is 2.57. The van der Waals surface area contributed by atoms with Crippen LogP contribution in [0.1, 0.15) is 25.0 Å². The SMILES string of the molecule is CCNCC(C)C(=O)NCc1ccccc1C(F)(F)F. The molecule has 0 saturated heterocycles. The van der Waals surface area contributed by atoms with E-state index < -0.39 is 11.7 Å². The molecule has 1 atom stereocenters. The van der Waals surface area contributed by atoms with Crippen molar-refractivity contribution in [2.45, 2.75) is 26.6 Å². The molecule has 1 aromatic carbocycles. The van der Waals surface area contributed by atoms with Crippen LogP contribution in [0.15, 0.2) is 24.3 Å². The second-order valence-corrected chi connectivity index (χ2v) is 4.58. The zero-order chi connectivity index (χ0) is 15.2. The molecule has 0 aliphatic rings. The number of hydrogen-bond acceptors (Lipinski definition) is 2. The molecule has 2 N–H and O–H groups in total. The van der Waals surface area contributed by atoms with E-state index in [1.54, 1.807) is 6.92 Å². The smallest absolute Gasteiger partial charge is 0.352 e. The van der Waals surface area contributed by atoms with Gasteiger partial charge in [0.1, 0.15) is 0 Å². The molecule has 20 heavy (non-hydrogen) atoms. The van der Waals surface area contributed by atoms with E-state index in [0.717, 1.165) is 12.6 Å². The fraction of sp³-hybridized carbons (Fsp3) is 0.500. The van der Waals surface area contributed by atoms with E-state index in [1.165, 1.54) is 18.2 Å². The summed E-state index contributed by atoms with van der Waals surface area (Å²) in [7, 11) is 0. The first-order chi connectivity index (χ1) is 9.36. The molecule has 112 valence electrons. The average molecular weight is 288 g/mol. The zero-order valence-corrected chi connectivity index (χ0v) is 11.6. The molecule has 0 heterocycles. The maximum atomic E-state index is 12.8. The Kier molecular flexibility index (Phi) is 6.01. The first-order valence-corrected chi connectivity index (χ1v) is 6.49. The van der Waals surface area contributed by atoms with Gasteiger partial charge in [0.15, 0.2) is 0 Å². The van der Waals surface area contributed by atoms with Crippen molar-refractivity contribution in [2.24, 2.45) is 5.92 Å². The third-order valence-electron chi connectivity index (χ3n) is 2.92. The van der Waals surface area contributed by atoms with Crippen molar-refractivity contribution >= 4 is 5.91 Å². The lowest BCUT2D eigenvalue weighted by Gasteiger charge is -2.15. The summed E-state index contributed by atoms with van der Waals surface area (Å²) in [5, 5.41) is 5.56. The molecule has 0 aliphatic heterocycles. The third-order valence-corrected chi connectivity index (χ3v) is 2.92. The minimum atomic E-state index is -4.41. The van der Waals surface area contributed by atoms with Crippen LogP contribution in [0, 0.1) is 5.92 Å². The first kappa shape index (κ1) is 16.5. The van der Waals surface area contributed by atoms with Crippen molar-refractivity contribution < 1.29 is 18.0 Å². The van der Waals surface area contributed by atoms with E-state index in [9.17, 15) is 18.0 Å². The summed E-state index contributed by atoms with van der Waals surface area (Å²) in [6, 6.07) is 5.25. The monoisotopic (exact) mass is 288 g/mol. The molecule has 0 fully saturated rings. The van der Waals surface area contributed by atoms with Crippen LogP contribution >= 0.6 is 0 Å². The Bertz CT molecular complexity index is 446. The van der Waals surface area contributed by atoms with Crippen molar-refractivity contribution in [2.75, 3.05) is 13.1 Å². The molecule has 0 spiro atoms. The van der Waals surface area contributed by atoms with Crippen LogP contribution in [0.4, 0.5) is 13.2 Å². The van der Waals surface area contributed by atoms with Gasteiger partial charge in [-0.2, -0.15) is 13.2 Å². The summed E-state index contributed by atoms with van der Waals surface area (Å²) in [6.45, 7) is 4.78. The van der Waals surface area contributed by atoms with E-state index >= 15 is 0 Å². The topological polar surface area (TPSA) is 41.1 Å². The highest BCUT2D eigenvalue weighted by Crippen LogP contribution is 2.31. The first-order valence-electron chi connectivity index (χ1n) is 6.49. The molecule has 1 unspecified atom stereocenters. The van der Waals surface area contributed by atoms with Crippen LogP contribution in [-0.4, -0.2) is 19.0 Å². The number of rotatable bonds is 6. The Morgan fingerprint density at radius 2 is 1.95 bits per heavy atom. The highest BCUT2D eigenvalue weighted by atomic mass is 19.4. The molecule has 0 bridgehead atoms. The molecule has 0 aliphatic carbocycles. The van der Waals surface area contributed by atoms with Gasteiger partial charge < -0.3 is 10.6 Å². The van der Waals surface area contributed by atoms with Crippen molar-refractivity contribution in [3.05, 3.63) is 35.4 Å². The second-order valence-electron chi connectivity index (χ2n) is 4.58. The van der Waals surface area contributed by atoms with Crippen LogP contribution < -0.4 is 10.6 Å². The van der Waals surface area contributed by atoms with Crippen molar-refractivity contribution in [1.29, 1.82) is 0 Å². The minimum Gasteiger partial charge on any atom is -0.352 e. The summed E-state index contributed by atoms with van der Waals surface area (Å²) in [6.07, 6.45) is -4.41. The number of benzene rings is 1. The summed E-state index contributed by atoms with van der Waals surface area (Å²) in [5.41, 5.74) is -0.636. The van der Waals surface area contributed by atoms with Gasteiger partial charge in [-0.1, -0.05) is 32.0 Å². The molecular formula is C14H19F3N2O. The normalized spacial score (nSPS) is 13.1. The maximum absolute atomic E-state index is 12.8. The van der Waals surface area contributed by atoms with Crippen LogP contribution in [0.2, 0.25) is 0 Å². The molecule has 1 aromatic rings. The lowest BCUT2D eigenvalue weighted by molar-refractivity contribution is -0.138. The Morgan fingerprint density at radius 3 is 2.55 bits per heavy atom. The van der Waals surface area contributed by atoms with Gasteiger partial charge >= 0.3 is 6.18 Å². The summed E-state index contributed by atoms with van der Waals surface area (Å²) >= 11 is 0. The van der Waals surface area contributed by atoms with Crippen LogP contribution in [0.3, 0.4) is 0 Å².